The van der Waals surface area contributed by atoms with Gasteiger partial charge in [-0.2, -0.15) is 4.98 Å². The highest BCUT2D eigenvalue weighted by atomic mass is 35.5. The number of nitrogens with zero attached hydrogens (tertiary/aromatic N) is 2. The molecule has 0 spiro atoms. The van der Waals surface area contributed by atoms with E-state index in [4.69, 9.17) is 25.8 Å². The fraction of sp³-hybridized carbons (Fsp3) is 0.611. The quantitative estimate of drug-likeness (QED) is 0.394. The summed E-state index contributed by atoms with van der Waals surface area (Å²) in [6, 6.07) is 0. The Labute approximate surface area is 165 Å². The van der Waals surface area contributed by atoms with Gasteiger partial charge in [0.05, 0.1) is 12.2 Å². The van der Waals surface area contributed by atoms with Gasteiger partial charge in [-0.3, -0.25) is 0 Å². The van der Waals surface area contributed by atoms with E-state index >= 15 is 0 Å². The number of anilines is 1. The lowest BCUT2D eigenvalue weighted by atomic mass is 10.2. The van der Waals surface area contributed by atoms with Crippen molar-refractivity contribution in [3.05, 3.63) is 17.0 Å². The van der Waals surface area contributed by atoms with Crippen molar-refractivity contribution in [2.75, 3.05) is 38.7 Å². The van der Waals surface area contributed by atoms with Crippen molar-refractivity contribution in [2.45, 2.75) is 39.4 Å². The summed E-state index contributed by atoms with van der Waals surface area (Å²) in [4.78, 5) is 19.7. The number of carbonyl (C=O) groups excluding carboxylic acids is 1. The van der Waals surface area contributed by atoms with Crippen LogP contribution in [-0.2, 0) is 14.2 Å². The number of alkyl carbamates (subject to hydrolysis) is 1. The molecule has 1 heterocycles. The largest absolute Gasteiger partial charge is 0.444 e. The van der Waals surface area contributed by atoms with Crippen molar-refractivity contribution in [1.82, 2.24) is 15.3 Å². The van der Waals surface area contributed by atoms with Crippen molar-refractivity contribution in [3.63, 3.8) is 0 Å². The molecule has 0 fully saturated rings. The van der Waals surface area contributed by atoms with Gasteiger partial charge in [0.2, 0.25) is 5.28 Å². The summed E-state index contributed by atoms with van der Waals surface area (Å²) in [5.41, 5.74) is 0.0252. The molecule has 9 heteroatoms. The fourth-order valence-electron chi connectivity index (χ4n) is 1.89. The molecule has 0 aliphatic rings. The number of aromatic nitrogens is 2. The normalized spacial score (nSPS) is 11.9. The van der Waals surface area contributed by atoms with Crippen LogP contribution >= 0.6 is 11.6 Å². The van der Waals surface area contributed by atoms with Crippen molar-refractivity contribution in [2.24, 2.45) is 0 Å². The average molecular weight is 399 g/mol. The Morgan fingerprint density at radius 1 is 1.37 bits per heavy atom. The Bertz CT molecular complexity index is 662. The van der Waals surface area contributed by atoms with E-state index in [9.17, 15) is 4.79 Å². The van der Waals surface area contributed by atoms with Crippen LogP contribution in [0.15, 0.2) is 6.20 Å². The van der Waals surface area contributed by atoms with E-state index < -0.39 is 11.7 Å². The zero-order valence-electron chi connectivity index (χ0n) is 16.4. The standard InChI is InChI=1S/C18H27ClN4O4/c1-6-26-14(12-25-5)8-7-13-11-22-16(19)23-15(13)20-9-10-21-17(24)27-18(2,3)4/h11,14H,6,9-10,12H2,1-5H3,(H,21,24)(H,20,22,23). The maximum atomic E-state index is 11.6. The molecule has 0 saturated heterocycles. The summed E-state index contributed by atoms with van der Waals surface area (Å²) >= 11 is 5.87. The molecule has 0 saturated carbocycles. The molecule has 8 nitrogen and oxygen atoms in total. The van der Waals surface area contributed by atoms with E-state index in [1.54, 1.807) is 27.9 Å². The number of nitrogens with one attached hydrogen (secondary N) is 2. The molecule has 1 aromatic rings. The van der Waals surface area contributed by atoms with Crippen molar-refractivity contribution < 1.29 is 19.0 Å². The molecule has 2 N–H and O–H groups in total. The fourth-order valence-corrected chi connectivity index (χ4v) is 2.02. The van der Waals surface area contributed by atoms with Crippen molar-refractivity contribution >= 4 is 23.5 Å². The number of rotatable bonds is 8. The number of carbonyl (C=O) groups is 1. The van der Waals surface area contributed by atoms with Crippen LogP contribution in [0.5, 0.6) is 0 Å². The second kappa shape index (κ2) is 11.6. The molecule has 0 radical (unpaired) electrons. The molecular formula is C18H27ClN4O4. The van der Waals surface area contributed by atoms with Crippen LogP contribution in [0.1, 0.15) is 33.3 Å². The lowest BCUT2D eigenvalue weighted by molar-refractivity contribution is 0.0376. The number of halogens is 1. The smallest absolute Gasteiger partial charge is 0.407 e. The van der Waals surface area contributed by atoms with Gasteiger partial charge in [-0.05, 0) is 39.3 Å². The monoisotopic (exact) mass is 398 g/mol. The van der Waals surface area contributed by atoms with Gasteiger partial charge in [-0.25, -0.2) is 9.78 Å². The molecular weight excluding hydrogens is 372 g/mol. The van der Waals surface area contributed by atoms with Gasteiger partial charge in [-0.15, -0.1) is 0 Å². The molecule has 27 heavy (non-hydrogen) atoms. The third kappa shape index (κ3) is 9.99. The Morgan fingerprint density at radius 2 is 2.11 bits per heavy atom. The van der Waals surface area contributed by atoms with Crippen molar-refractivity contribution in [1.29, 1.82) is 0 Å². The first-order chi connectivity index (χ1) is 12.7. The third-order valence-electron chi connectivity index (χ3n) is 2.90. The number of ether oxygens (including phenoxy) is 3. The van der Waals surface area contributed by atoms with Gasteiger partial charge in [0.25, 0.3) is 0 Å². The Morgan fingerprint density at radius 3 is 2.74 bits per heavy atom. The maximum absolute atomic E-state index is 11.6. The molecule has 0 aliphatic heterocycles. The lowest BCUT2D eigenvalue weighted by Crippen LogP contribution is -2.35. The maximum Gasteiger partial charge on any atom is 0.407 e. The molecule has 0 aromatic carbocycles. The first kappa shape index (κ1) is 23.0. The number of amides is 1. The summed E-state index contributed by atoms with van der Waals surface area (Å²) in [5, 5.41) is 5.83. The van der Waals surface area contributed by atoms with Gasteiger partial charge in [0.1, 0.15) is 17.5 Å². The van der Waals surface area contributed by atoms with E-state index in [0.717, 1.165) is 0 Å². The third-order valence-corrected chi connectivity index (χ3v) is 3.08. The predicted molar refractivity (Wildman–Crippen MR) is 104 cm³/mol. The zero-order valence-corrected chi connectivity index (χ0v) is 17.1. The van der Waals surface area contributed by atoms with Crippen LogP contribution in [0, 0.1) is 11.8 Å². The summed E-state index contributed by atoms with van der Waals surface area (Å²) in [6.07, 6.45) is 0.698. The minimum Gasteiger partial charge on any atom is -0.444 e. The van der Waals surface area contributed by atoms with Crippen LogP contribution in [0.25, 0.3) is 0 Å². The summed E-state index contributed by atoms with van der Waals surface area (Å²) in [6.45, 7) is 8.94. The molecule has 150 valence electrons. The highest BCUT2D eigenvalue weighted by Gasteiger charge is 2.15. The minimum absolute atomic E-state index is 0.0985. The van der Waals surface area contributed by atoms with E-state index in [2.05, 4.69) is 32.4 Å². The highest BCUT2D eigenvalue weighted by Crippen LogP contribution is 2.13. The minimum atomic E-state index is -0.542. The first-order valence-electron chi connectivity index (χ1n) is 8.60. The van der Waals surface area contributed by atoms with E-state index in [-0.39, 0.29) is 11.4 Å². The SMILES string of the molecule is CCOC(C#Cc1cnc(Cl)nc1NCCNC(=O)OC(C)(C)C)COC. The van der Waals surface area contributed by atoms with Crippen LogP contribution in [-0.4, -0.2) is 61.2 Å². The number of methoxy groups -OCH3 is 1. The summed E-state index contributed by atoms with van der Waals surface area (Å²) < 4.78 is 15.7. The first-order valence-corrected chi connectivity index (χ1v) is 8.98. The van der Waals surface area contributed by atoms with Crippen LogP contribution in [0.4, 0.5) is 10.6 Å². The van der Waals surface area contributed by atoms with E-state index in [0.29, 0.717) is 37.7 Å². The second-order valence-electron chi connectivity index (χ2n) is 6.43. The molecule has 1 atom stereocenters. The molecule has 1 aromatic heterocycles. The Balaban J connectivity index is 2.68. The van der Waals surface area contributed by atoms with E-state index in [1.165, 1.54) is 6.20 Å². The second-order valence-corrected chi connectivity index (χ2v) is 6.76. The molecule has 0 aliphatic carbocycles. The summed E-state index contributed by atoms with van der Waals surface area (Å²) in [7, 11) is 1.59. The number of hydrogen-bond donors (Lipinski definition) is 2. The van der Waals surface area contributed by atoms with Crippen LogP contribution in [0.2, 0.25) is 5.28 Å². The highest BCUT2D eigenvalue weighted by molar-refractivity contribution is 6.28. The zero-order chi connectivity index (χ0) is 20.3. The average Bonchev–Trinajstić information content (AvgIpc) is 2.56. The van der Waals surface area contributed by atoms with Gasteiger partial charge in [-0.1, -0.05) is 11.8 Å². The molecule has 1 unspecified atom stereocenters. The number of hydrogen-bond acceptors (Lipinski definition) is 7. The summed E-state index contributed by atoms with van der Waals surface area (Å²) in [5.74, 6) is 6.43. The molecule has 1 amide bonds. The van der Waals surface area contributed by atoms with Gasteiger partial charge in [0.15, 0.2) is 0 Å². The Hall–Kier alpha value is -2.08. The van der Waals surface area contributed by atoms with E-state index in [1.807, 2.05) is 6.92 Å². The molecule has 0 bridgehead atoms. The van der Waals surface area contributed by atoms with Crippen LogP contribution in [0.3, 0.4) is 0 Å². The Kier molecular flexibility index (Phi) is 9.86. The van der Waals surface area contributed by atoms with Crippen LogP contribution < -0.4 is 10.6 Å². The predicted octanol–water partition coefficient (Wildman–Crippen LogP) is 2.47. The van der Waals surface area contributed by atoms with Crippen molar-refractivity contribution in [3.8, 4) is 11.8 Å². The van der Waals surface area contributed by atoms with Gasteiger partial charge in [0, 0.05) is 33.0 Å². The lowest BCUT2D eigenvalue weighted by Gasteiger charge is -2.19. The van der Waals surface area contributed by atoms with Gasteiger partial charge >= 0.3 is 6.09 Å². The van der Waals surface area contributed by atoms with Gasteiger partial charge < -0.3 is 24.8 Å². The topological polar surface area (TPSA) is 94.6 Å². The molecule has 1 rings (SSSR count).